The summed E-state index contributed by atoms with van der Waals surface area (Å²) in [5, 5.41) is 6.84. The Balaban J connectivity index is 1.63. The molecular weight excluding hydrogens is 305 g/mol. The molecule has 3 rings (SSSR count). The Morgan fingerprint density at radius 2 is 2.23 bits per heavy atom. The second-order valence-electron chi connectivity index (χ2n) is 5.14. The summed E-state index contributed by atoms with van der Waals surface area (Å²) in [4.78, 5) is 18.1. The first-order valence-electron chi connectivity index (χ1n) is 6.97. The number of rotatable bonds is 6. The summed E-state index contributed by atoms with van der Waals surface area (Å²) < 4.78 is 13.8. The van der Waals surface area contributed by atoms with Crippen molar-refractivity contribution in [3.8, 4) is 0 Å². The van der Waals surface area contributed by atoms with E-state index in [1.165, 1.54) is 17.8 Å². The van der Waals surface area contributed by atoms with Gasteiger partial charge in [-0.15, -0.1) is 5.10 Å². The van der Waals surface area contributed by atoms with Crippen LogP contribution in [0.5, 0.6) is 0 Å². The van der Waals surface area contributed by atoms with Gasteiger partial charge >= 0.3 is 0 Å². The monoisotopic (exact) mass is 321 g/mol. The normalized spacial score (nSPS) is 14.0. The van der Waals surface area contributed by atoms with Crippen LogP contribution in [0.4, 0.5) is 10.3 Å². The van der Waals surface area contributed by atoms with Crippen LogP contribution >= 0.6 is 11.8 Å². The van der Waals surface area contributed by atoms with Crippen LogP contribution < -0.4 is 5.73 Å². The number of nitrogens with one attached hydrogen (secondary N) is 1. The lowest BCUT2D eigenvalue weighted by atomic mass is 10.2. The third-order valence-corrected chi connectivity index (χ3v) is 4.25. The van der Waals surface area contributed by atoms with Gasteiger partial charge in [-0.1, -0.05) is 30.0 Å². The Labute approximate surface area is 131 Å². The van der Waals surface area contributed by atoms with Crippen molar-refractivity contribution < 1.29 is 9.18 Å². The molecule has 0 aliphatic heterocycles. The van der Waals surface area contributed by atoms with Crippen molar-refractivity contribution in [2.24, 2.45) is 0 Å². The number of hydrogen-bond acceptors (Lipinski definition) is 5. The predicted octanol–water partition coefficient (Wildman–Crippen LogP) is 1.81. The number of benzene rings is 1. The van der Waals surface area contributed by atoms with Crippen LogP contribution in [0.2, 0.25) is 0 Å². The lowest BCUT2D eigenvalue weighted by Crippen LogP contribution is -2.34. The maximum absolute atomic E-state index is 13.8. The van der Waals surface area contributed by atoms with Crippen molar-refractivity contribution in [3.05, 3.63) is 35.6 Å². The Hall–Kier alpha value is -2.09. The maximum Gasteiger partial charge on any atom is 0.233 e. The number of thioether (sulfide) groups is 1. The molecule has 2 aromatic rings. The molecule has 8 heteroatoms. The molecule has 0 radical (unpaired) electrons. The number of halogens is 1. The lowest BCUT2D eigenvalue weighted by Gasteiger charge is -2.22. The van der Waals surface area contributed by atoms with Gasteiger partial charge in [-0.2, -0.15) is 4.98 Å². The molecule has 1 amide bonds. The van der Waals surface area contributed by atoms with Crippen LogP contribution in [0, 0.1) is 5.82 Å². The Kier molecular flexibility index (Phi) is 4.28. The summed E-state index contributed by atoms with van der Waals surface area (Å²) in [5.74, 6) is 0.109. The summed E-state index contributed by atoms with van der Waals surface area (Å²) in [5.41, 5.74) is 5.98. The Morgan fingerprint density at radius 1 is 1.45 bits per heavy atom. The van der Waals surface area contributed by atoms with Gasteiger partial charge in [0.15, 0.2) is 0 Å². The van der Waals surface area contributed by atoms with Gasteiger partial charge in [0.05, 0.1) is 5.75 Å². The van der Waals surface area contributed by atoms with E-state index in [4.69, 9.17) is 5.73 Å². The van der Waals surface area contributed by atoms with Gasteiger partial charge in [0.2, 0.25) is 17.0 Å². The minimum Gasteiger partial charge on any atom is -0.368 e. The number of aromatic amines is 1. The number of hydrogen-bond donors (Lipinski definition) is 2. The summed E-state index contributed by atoms with van der Waals surface area (Å²) in [6.07, 6.45) is 1.94. The van der Waals surface area contributed by atoms with E-state index in [9.17, 15) is 9.18 Å². The van der Waals surface area contributed by atoms with Crippen molar-refractivity contribution in [2.45, 2.75) is 30.6 Å². The maximum atomic E-state index is 13.8. The quantitative estimate of drug-likeness (QED) is 0.792. The van der Waals surface area contributed by atoms with Crippen molar-refractivity contribution >= 4 is 23.6 Å². The van der Waals surface area contributed by atoms with Gasteiger partial charge in [0.1, 0.15) is 5.82 Å². The SMILES string of the molecule is Nc1nc(SCC(=O)N(Cc2ccccc2F)C2CC2)n[nH]1. The number of carbonyl (C=O) groups is 1. The van der Waals surface area contributed by atoms with E-state index >= 15 is 0 Å². The van der Waals surface area contributed by atoms with Crippen LogP contribution in [-0.2, 0) is 11.3 Å². The Morgan fingerprint density at radius 3 is 2.86 bits per heavy atom. The number of nitrogens with zero attached hydrogens (tertiary/aromatic N) is 3. The van der Waals surface area contributed by atoms with E-state index in [2.05, 4.69) is 15.2 Å². The molecule has 0 unspecified atom stereocenters. The van der Waals surface area contributed by atoms with Gasteiger partial charge in [-0.05, 0) is 18.9 Å². The molecule has 1 saturated carbocycles. The van der Waals surface area contributed by atoms with Crippen molar-refractivity contribution in [1.29, 1.82) is 0 Å². The molecule has 1 aliphatic rings. The van der Waals surface area contributed by atoms with Gasteiger partial charge in [-0.25, -0.2) is 9.49 Å². The Bertz CT molecular complexity index is 673. The fourth-order valence-corrected chi connectivity index (χ4v) is 2.84. The summed E-state index contributed by atoms with van der Waals surface area (Å²) in [7, 11) is 0. The zero-order valence-corrected chi connectivity index (χ0v) is 12.6. The molecular formula is C14H16FN5OS. The zero-order chi connectivity index (χ0) is 15.5. The first-order valence-corrected chi connectivity index (χ1v) is 7.95. The van der Waals surface area contributed by atoms with Crippen LogP contribution in [0.3, 0.4) is 0 Å². The fourth-order valence-electron chi connectivity index (χ4n) is 2.15. The molecule has 1 heterocycles. The number of anilines is 1. The first kappa shape index (κ1) is 14.8. The standard InChI is InChI=1S/C14H16FN5OS/c15-11-4-2-1-3-9(11)7-20(10-5-6-10)12(21)8-22-14-17-13(16)18-19-14/h1-4,10H,5-8H2,(H3,16,17,18,19). The third-order valence-electron chi connectivity index (χ3n) is 3.41. The number of amides is 1. The van der Waals surface area contributed by atoms with E-state index in [1.54, 1.807) is 23.1 Å². The van der Waals surface area contributed by atoms with Crippen molar-refractivity contribution in [1.82, 2.24) is 20.1 Å². The van der Waals surface area contributed by atoms with Crippen LogP contribution in [0.1, 0.15) is 18.4 Å². The summed E-state index contributed by atoms with van der Waals surface area (Å²) >= 11 is 1.22. The van der Waals surface area contributed by atoms with Crippen molar-refractivity contribution in [3.63, 3.8) is 0 Å². The molecule has 1 aromatic carbocycles. The third kappa shape index (κ3) is 3.56. The van der Waals surface area contributed by atoms with E-state index in [0.29, 0.717) is 17.3 Å². The second-order valence-corrected chi connectivity index (χ2v) is 6.08. The molecule has 1 aromatic heterocycles. The van der Waals surface area contributed by atoms with Gasteiger partial charge in [-0.3, -0.25) is 4.79 Å². The number of nitrogens with two attached hydrogens (primary N) is 1. The average Bonchev–Trinajstić information content (AvgIpc) is 3.26. The summed E-state index contributed by atoms with van der Waals surface area (Å²) in [6.45, 7) is 0.298. The fraction of sp³-hybridized carbons (Fsp3) is 0.357. The highest BCUT2D eigenvalue weighted by Crippen LogP contribution is 2.30. The van der Waals surface area contributed by atoms with E-state index in [1.807, 2.05) is 0 Å². The van der Waals surface area contributed by atoms with Gasteiger partial charge < -0.3 is 10.6 Å². The van der Waals surface area contributed by atoms with Gasteiger partial charge in [0.25, 0.3) is 0 Å². The second kappa shape index (κ2) is 6.35. The molecule has 1 fully saturated rings. The largest absolute Gasteiger partial charge is 0.368 e. The molecule has 1 aliphatic carbocycles. The highest BCUT2D eigenvalue weighted by molar-refractivity contribution is 7.99. The smallest absolute Gasteiger partial charge is 0.233 e. The number of H-pyrrole nitrogens is 1. The average molecular weight is 321 g/mol. The minimum absolute atomic E-state index is 0.0425. The number of nitrogen functional groups attached to an aromatic ring is 1. The predicted molar refractivity (Wildman–Crippen MR) is 81.5 cm³/mol. The molecule has 6 nitrogen and oxygen atoms in total. The van der Waals surface area contributed by atoms with E-state index in [0.717, 1.165) is 12.8 Å². The molecule has 3 N–H and O–H groups in total. The molecule has 0 saturated heterocycles. The molecule has 0 atom stereocenters. The summed E-state index contributed by atoms with van der Waals surface area (Å²) in [6, 6.07) is 6.76. The molecule has 0 spiro atoms. The van der Waals surface area contributed by atoms with Gasteiger partial charge in [0, 0.05) is 18.2 Å². The topological polar surface area (TPSA) is 87.9 Å². The zero-order valence-electron chi connectivity index (χ0n) is 11.8. The molecule has 0 bridgehead atoms. The first-order chi connectivity index (χ1) is 10.6. The van der Waals surface area contributed by atoms with Crippen LogP contribution in [0.25, 0.3) is 0 Å². The van der Waals surface area contributed by atoms with E-state index < -0.39 is 0 Å². The van der Waals surface area contributed by atoms with Crippen LogP contribution in [-0.4, -0.2) is 37.8 Å². The number of carbonyl (C=O) groups excluding carboxylic acids is 1. The highest BCUT2D eigenvalue weighted by atomic mass is 32.2. The van der Waals surface area contributed by atoms with Crippen LogP contribution in [0.15, 0.2) is 29.4 Å². The number of aromatic nitrogens is 3. The molecule has 22 heavy (non-hydrogen) atoms. The lowest BCUT2D eigenvalue weighted by molar-refractivity contribution is -0.129. The minimum atomic E-state index is -0.282. The van der Waals surface area contributed by atoms with Crippen molar-refractivity contribution in [2.75, 3.05) is 11.5 Å². The molecule has 116 valence electrons. The highest BCUT2D eigenvalue weighted by Gasteiger charge is 2.32. The van der Waals surface area contributed by atoms with E-state index in [-0.39, 0.29) is 29.5 Å².